The fourth-order valence-electron chi connectivity index (χ4n) is 4.29. The maximum atomic E-state index is 12.9. The molecule has 1 aliphatic carbocycles. The van der Waals surface area contributed by atoms with Gasteiger partial charge in [0.15, 0.2) is 0 Å². The lowest BCUT2D eigenvalue weighted by Crippen LogP contribution is -2.52. The van der Waals surface area contributed by atoms with Crippen LogP contribution in [0, 0.1) is 12.8 Å². The van der Waals surface area contributed by atoms with Gasteiger partial charge >= 0.3 is 6.03 Å². The van der Waals surface area contributed by atoms with Crippen molar-refractivity contribution in [3.8, 4) is 0 Å². The van der Waals surface area contributed by atoms with Gasteiger partial charge in [-0.25, -0.2) is 4.79 Å². The number of rotatable bonds is 2. The Morgan fingerprint density at radius 2 is 1.92 bits per heavy atom. The molecule has 1 saturated heterocycles. The quantitative estimate of drug-likeness (QED) is 0.864. The molecule has 1 aliphatic heterocycles. The maximum absolute atomic E-state index is 12.9. The van der Waals surface area contributed by atoms with E-state index in [1.807, 2.05) is 17.9 Å². The second-order valence-electron chi connectivity index (χ2n) is 7.49. The highest BCUT2D eigenvalue weighted by molar-refractivity contribution is 5.90. The lowest BCUT2D eigenvalue weighted by molar-refractivity contribution is 0.0103. The molecule has 0 aromatic carbocycles. The number of aromatic nitrogens is 1. The van der Waals surface area contributed by atoms with Crippen LogP contribution in [0.15, 0.2) is 17.1 Å². The Balaban J connectivity index is 1.80. The Morgan fingerprint density at radius 1 is 1.20 bits per heavy atom. The number of carbonyl (C=O) groups excluding carboxylic acids is 1. The predicted octanol–water partition coefficient (Wildman–Crippen LogP) is 2.63. The molecule has 1 aromatic rings. The number of anilines is 1. The second-order valence-corrected chi connectivity index (χ2v) is 7.49. The fourth-order valence-corrected chi connectivity index (χ4v) is 4.29. The second kappa shape index (κ2) is 7.60. The van der Waals surface area contributed by atoms with Crippen LogP contribution in [0.3, 0.4) is 0 Å². The smallest absolute Gasteiger partial charge is 0.322 e. The highest BCUT2D eigenvalue weighted by Gasteiger charge is 2.37. The van der Waals surface area contributed by atoms with Crippen molar-refractivity contribution < 1.29 is 9.90 Å². The van der Waals surface area contributed by atoms with Crippen molar-refractivity contribution in [2.75, 3.05) is 11.9 Å². The zero-order valence-electron chi connectivity index (χ0n) is 15.2. The van der Waals surface area contributed by atoms with Gasteiger partial charge in [0.1, 0.15) is 5.69 Å². The molecule has 2 fully saturated rings. The summed E-state index contributed by atoms with van der Waals surface area (Å²) in [5.74, 6) is 0.152. The van der Waals surface area contributed by atoms with Crippen LogP contribution in [0.4, 0.5) is 10.5 Å². The SMILES string of the molecule is Cc1ccn(C)c(=O)c1NC(=O)N1CCCCC1C1CCCCC1O. The minimum Gasteiger partial charge on any atom is -0.393 e. The van der Waals surface area contributed by atoms with E-state index >= 15 is 0 Å². The molecule has 0 bridgehead atoms. The summed E-state index contributed by atoms with van der Waals surface area (Å²) in [6.07, 6.45) is 8.36. The summed E-state index contributed by atoms with van der Waals surface area (Å²) in [7, 11) is 1.68. The number of nitrogens with zero attached hydrogens (tertiary/aromatic N) is 2. The minimum atomic E-state index is -0.321. The minimum absolute atomic E-state index is 0.0666. The Kier molecular flexibility index (Phi) is 5.47. The largest absolute Gasteiger partial charge is 0.393 e. The van der Waals surface area contributed by atoms with Gasteiger partial charge in [0.25, 0.3) is 5.56 Å². The summed E-state index contributed by atoms with van der Waals surface area (Å²) in [5, 5.41) is 13.3. The summed E-state index contributed by atoms with van der Waals surface area (Å²) >= 11 is 0. The van der Waals surface area contributed by atoms with E-state index in [0.29, 0.717) is 12.2 Å². The molecule has 2 N–H and O–H groups in total. The molecule has 3 atom stereocenters. The molecule has 0 spiro atoms. The van der Waals surface area contributed by atoms with E-state index in [2.05, 4.69) is 5.32 Å². The number of aliphatic hydroxyl groups is 1. The number of nitrogens with one attached hydrogen (secondary N) is 1. The monoisotopic (exact) mass is 347 g/mol. The standard InChI is InChI=1S/C19H29N3O3/c1-13-10-12-21(2)18(24)17(13)20-19(25)22-11-6-5-8-15(22)14-7-3-4-9-16(14)23/h10,12,14-16,23H,3-9,11H2,1-2H3,(H,20,25). The Bertz CT molecular complexity index is 685. The van der Waals surface area contributed by atoms with Gasteiger partial charge in [0.05, 0.1) is 6.10 Å². The van der Waals surface area contributed by atoms with E-state index in [1.54, 1.807) is 13.2 Å². The predicted molar refractivity (Wildman–Crippen MR) is 97.7 cm³/mol. The van der Waals surface area contributed by atoms with Crippen molar-refractivity contribution in [1.82, 2.24) is 9.47 Å². The van der Waals surface area contributed by atoms with Crippen LogP contribution in [0.1, 0.15) is 50.5 Å². The van der Waals surface area contributed by atoms with E-state index in [9.17, 15) is 14.7 Å². The average molecular weight is 347 g/mol. The fraction of sp³-hybridized carbons (Fsp3) is 0.684. The summed E-state index contributed by atoms with van der Waals surface area (Å²) in [5.41, 5.74) is 0.922. The molecule has 2 aliphatic rings. The van der Waals surface area contributed by atoms with Crippen LogP contribution in [-0.4, -0.2) is 39.3 Å². The number of piperidine rings is 1. The van der Waals surface area contributed by atoms with Gasteiger partial charge in [-0.3, -0.25) is 4.79 Å². The van der Waals surface area contributed by atoms with Gasteiger partial charge in [-0.15, -0.1) is 0 Å². The first-order valence-corrected chi connectivity index (χ1v) is 9.41. The van der Waals surface area contributed by atoms with Gasteiger partial charge in [0, 0.05) is 31.7 Å². The Hall–Kier alpha value is -1.82. The molecule has 3 rings (SSSR count). The third kappa shape index (κ3) is 3.73. The van der Waals surface area contributed by atoms with Gasteiger partial charge in [-0.2, -0.15) is 0 Å². The third-order valence-electron chi connectivity index (χ3n) is 5.79. The van der Waals surface area contributed by atoms with E-state index < -0.39 is 0 Å². The number of amides is 2. The number of aliphatic hydroxyl groups excluding tert-OH is 1. The normalized spacial score (nSPS) is 27.2. The van der Waals surface area contributed by atoms with Crippen molar-refractivity contribution in [1.29, 1.82) is 0 Å². The first-order valence-electron chi connectivity index (χ1n) is 9.41. The Labute approximate surface area is 148 Å². The van der Waals surface area contributed by atoms with Gasteiger partial charge in [0.2, 0.25) is 0 Å². The number of aryl methyl sites for hydroxylation is 2. The zero-order chi connectivity index (χ0) is 18.0. The number of hydrogen-bond donors (Lipinski definition) is 2. The van der Waals surface area contributed by atoms with Crippen molar-refractivity contribution >= 4 is 11.7 Å². The van der Waals surface area contributed by atoms with Crippen LogP contribution in [0.5, 0.6) is 0 Å². The van der Waals surface area contributed by atoms with Crippen LogP contribution in [0.2, 0.25) is 0 Å². The molecule has 3 unspecified atom stereocenters. The van der Waals surface area contributed by atoms with E-state index in [-0.39, 0.29) is 29.7 Å². The molecular weight excluding hydrogens is 318 g/mol. The first kappa shape index (κ1) is 18.0. The molecule has 25 heavy (non-hydrogen) atoms. The van der Waals surface area contributed by atoms with Gasteiger partial charge in [-0.05, 0) is 50.7 Å². The number of urea groups is 1. The molecule has 1 saturated carbocycles. The van der Waals surface area contributed by atoms with Crippen LogP contribution >= 0.6 is 0 Å². The van der Waals surface area contributed by atoms with Crippen molar-refractivity contribution in [2.45, 2.75) is 64.0 Å². The van der Waals surface area contributed by atoms with Crippen LogP contribution in [0.25, 0.3) is 0 Å². The first-order chi connectivity index (χ1) is 12.0. The molecule has 2 heterocycles. The van der Waals surface area contributed by atoms with Crippen LogP contribution in [-0.2, 0) is 7.05 Å². The average Bonchev–Trinajstić information content (AvgIpc) is 2.62. The molecule has 138 valence electrons. The summed E-state index contributed by atoms with van der Waals surface area (Å²) < 4.78 is 1.47. The zero-order valence-corrected chi connectivity index (χ0v) is 15.2. The van der Waals surface area contributed by atoms with E-state index in [1.165, 1.54) is 4.57 Å². The number of carbonyl (C=O) groups is 1. The summed E-state index contributed by atoms with van der Waals surface area (Å²) in [6.45, 7) is 2.52. The molecule has 2 amide bonds. The lowest BCUT2D eigenvalue weighted by atomic mass is 9.78. The van der Waals surface area contributed by atoms with E-state index in [4.69, 9.17) is 0 Å². The highest BCUT2D eigenvalue weighted by Crippen LogP contribution is 2.34. The molecular formula is C19H29N3O3. The number of likely N-dealkylation sites (tertiary alicyclic amines) is 1. The summed E-state index contributed by atoms with van der Waals surface area (Å²) in [4.78, 5) is 27.1. The molecule has 6 nitrogen and oxygen atoms in total. The Morgan fingerprint density at radius 3 is 2.68 bits per heavy atom. The van der Waals surface area contributed by atoms with Crippen LogP contribution < -0.4 is 10.9 Å². The number of pyridine rings is 1. The third-order valence-corrected chi connectivity index (χ3v) is 5.79. The summed E-state index contributed by atoms with van der Waals surface area (Å²) in [6, 6.07) is 1.68. The highest BCUT2D eigenvalue weighted by atomic mass is 16.3. The molecule has 1 aromatic heterocycles. The van der Waals surface area contributed by atoms with Gasteiger partial charge in [-0.1, -0.05) is 12.8 Å². The molecule has 0 radical (unpaired) electrons. The lowest BCUT2D eigenvalue weighted by Gasteiger charge is -2.43. The topological polar surface area (TPSA) is 74.6 Å². The van der Waals surface area contributed by atoms with Gasteiger partial charge < -0.3 is 19.9 Å². The maximum Gasteiger partial charge on any atom is 0.322 e. The van der Waals surface area contributed by atoms with Crippen molar-refractivity contribution in [2.24, 2.45) is 13.0 Å². The number of hydrogen-bond acceptors (Lipinski definition) is 3. The van der Waals surface area contributed by atoms with Crippen molar-refractivity contribution in [3.05, 3.63) is 28.2 Å². The molecule has 6 heteroatoms. The van der Waals surface area contributed by atoms with Crippen molar-refractivity contribution in [3.63, 3.8) is 0 Å². The van der Waals surface area contributed by atoms with E-state index in [0.717, 1.165) is 50.5 Å².